The highest BCUT2D eigenvalue weighted by Gasteiger charge is 2.12. The van der Waals surface area contributed by atoms with Crippen molar-refractivity contribution in [2.45, 2.75) is 6.92 Å². The molecular formula is C16H15N3O6. The zero-order valence-electron chi connectivity index (χ0n) is 13.2. The van der Waals surface area contributed by atoms with Crippen molar-refractivity contribution in [3.63, 3.8) is 0 Å². The number of carbonyl (C=O) groups is 4. The largest absolute Gasteiger partial charge is 0.459 e. The Hall–Kier alpha value is -3.62. The van der Waals surface area contributed by atoms with E-state index in [2.05, 4.69) is 16.2 Å². The Morgan fingerprint density at radius 2 is 1.76 bits per heavy atom. The number of esters is 1. The van der Waals surface area contributed by atoms with Gasteiger partial charge in [-0.1, -0.05) is 0 Å². The van der Waals surface area contributed by atoms with Crippen molar-refractivity contribution in [1.82, 2.24) is 10.9 Å². The van der Waals surface area contributed by atoms with Gasteiger partial charge in [0.25, 0.3) is 5.91 Å². The van der Waals surface area contributed by atoms with Gasteiger partial charge in [0.1, 0.15) is 0 Å². The fraction of sp³-hybridized carbons (Fsp3) is 0.125. The predicted molar refractivity (Wildman–Crippen MR) is 85.3 cm³/mol. The Morgan fingerprint density at radius 3 is 2.36 bits per heavy atom. The van der Waals surface area contributed by atoms with Gasteiger partial charge in [-0.25, -0.2) is 4.79 Å². The van der Waals surface area contributed by atoms with Crippen molar-refractivity contribution in [3.05, 3.63) is 54.0 Å². The minimum Gasteiger partial charge on any atom is -0.459 e. The van der Waals surface area contributed by atoms with E-state index in [1.807, 2.05) is 0 Å². The van der Waals surface area contributed by atoms with Gasteiger partial charge < -0.3 is 14.5 Å². The maximum atomic E-state index is 11.8. The van der Waals surface area contributed by atoms with Crippen molar-refractivity contribution in [1.29, 1.82) is 0 Å². The molecule has 3 N–H and O–H groups in total. The molecule has 1 heterocycles. The number of furan rings is 1. The van der Waals surface area contributed by atoms with Crippen molar-refractivity contribution < 1.29 is 28.3 Å². The van der Waals surface area contributed by atoms with Gasteiger partial charge in [0.15, 0.2) is 12.4 Å². The summed E-state index contributed by atoms with van der Waals surface area (Å²) in [7, 11) is 0. The zero-order chi connectivity index (χ0) is 18.2. The number of benzene rings is 1. The second-order valence-corrected chi connectivity index (χ2v) is 4.81. The molecule has 1 aromatic carbocycles. The average molecular weight is 345 g/mol. The minimum absolute atomic E-state index is 0.0246. The molecule has 3 amide bonds. The summed E-state index contributed by atoms with van der Waals surface area (Å²) in [4.78, 5) is 45.8. The molecule has 0 spiro atoms. The van der Waals surface area contributed by atoms with Gasteiger partial charge in [-0.05, 0) is 36.4 Å². The number of hydrazine groups is 1. The molecule has 0 aliphatic heterocycles. The fourth-order valence-corrected chi connectivity index (χ4v) is 1.74. The average Bonchev–Trinajstić information content (AvgIpc) is 3.12. The molecule has 0 aliphatic carbocycles. The molecule has 1 aromatic heterocycles. The smallest absolute Gasteiger partial charge is 0.338 e. The Kier molecular flexibility index (Phi) is 5.88. The van der Waals surface area contributed by atoms with E-state index < -0.39 is 24.4 Å². The zero-order valence-corrected chi connectivity index (χ0v) is 13.2. The standard InChI is InChI=1S/C16H15N3O6/c1-10(20)17-12-6-4-11(5-7-12)16(23)25-9-14(21)18-19-15(22)13-3-2-8-24-13/h2-8H,9H2,1H3,(H,17,20)(H,18,21)(H,19,22). The third-order valence-electron chi connectivity index (χ3n) is 2.84. The Bertz CT molecular complexity index is 768. The van der Waals surface area contributed by atoms with Crippen LogP contribution in [0.15, 0.2) is 47.1 Å². The van der Waals surface area contributed by atoms with E-state index in [0.717, 1.165) is 0 Å². The van der Waals surface area contributed by atoms with Crippen LogP contribution in [-0.2, 0) is 14.3 Å². The molecule has 0 aliphatic rings. The summed E-state index contributed by atoms with van der Waals surface area (Å²) in [5.41, 5.74) is 4.94. The molecule has 130 valence electrons. The van der Waals surface area contributed by atoms with Crippen LogP contribution in [0.5, 0.6) is 0 Å². The van der Waals surface area contributed by atoms with Crippen molar-refractivity contribution in [2.24, 2.45) is 0 Å². The normalized spacial score (nSPS) is 9.80. The molecule has 0 saturated carbocycles. The second kappa shape index (κ2) is 8.29. The maximum Gasteiger partial charge on any atom is 0.338 e. The highest BCUT2D eigenvalue weighted by molar-refractivity contribution is 5.94. The highest BCUT2D eigenvalue weighted by Crippen LogP contribution is 2.10. The quantitative estimate of drug-likeness (QED) is 0.545. The minimum atomic E-state index is -0.720. The first-order valence-corrected chi connectivity index (χ1v) is 7.13. The fourth-order valence-electron chi connectivity index (χ4n) is 1.74. The summed E-state index contributed by atoms with van der Waals surface area (Å²) in [5.74, 6) is -2.29. The third-order valence-corrected chi connectivity index (χ3v) is 2.84. The van der Waals surface area contributed by atoms with E-state index in [4.69, 9.17) is 9.15 Å². The Balaban J connectivity index is 1.76. The first-order chi connectivity index (χ1) is 12.0. The Morgan fingerprint density at radius 1 is 1.04 bits per heavy atom. The molecule has 0 unspecified atom stereocenters. The van der Waals surface area contributed by atoms with Crippen LogP contribution in [0.3, 0.4) is 0 Å². The monoisotopic (exact) mass is 345 g/mol. The van der Waals surface area contributed by atoms with E-state index in [1.165, 1.54) is 49.6 Å². The number of rotatable bonds is 5. The summed E-state index contributed by atoms with van der Waals surface area (Å²) in [6.07, 6.45) is 1.32. The topological polar surface area (TPSA) is 127 Å². The SMILES string of the molecule is CC(=O)Nc1ccc(C(=O)OCC(=O)NNC(=O)c2ccco2)cc1. The van der Waals surface area contributed by atoms with Crippen LogP contribution in [-0.4, -0.2) is 30.3 Å². The molecule has 0 saturated heterocycles. The van der Waals surface area contributed by atoms with Crippen LogP contribution < -0.4 is 16.2 Å². The van der Waals surface area contributed by atoms with Gasteiger partial charge in [-0.15, -0.1) is 0 Å². The van der Waals surface area contributed by atoms with Crippen LogP contribution in [0.2, 0.25) is 0 Å². The summed E-state index contributed by atoms with van der Waals surface area (Å²) in [6, 6.07) is 8.90. The summed E-state index contributed by atoms with van der Waals surface area (Å²) in [6.45, 7) is 0.788. The van der Waals surface area contributed by atoms with Crippen LogP contribution in [0.4, 0.5) is 5.69 Å². The summed E-state index contributed by atoms with van der Waals surface area (Å²) >= 11 is 0. The number of hydrogen-bond acceptors (Lipinski definition) is 6. The lowest BCUT2D eigenvalue weighted by Crippen LogP contribution is -2.43. The van der Waals surface area contributed by atoms with E-state index in [-0.39, 0.29) is 17.2 Å². The lowest BCUT2D eigenvalue weighted by atomic mass is 10.2. The number of carbonyl (C=O) groups excluding carboxylic acids is 4. The highest BCUT2D eigenvalue weighted by atomic mass is 16.5. The van der Waals surface area contributed by atoms with Gasteiger partial charge in [-0.2, -0.15) is 0 Å². The van der Waals surface area contributed by atoms with Gasteiger partial charge in [0.05, 0.1) is 11.8 Å². The first kappa shape index (κ1) is 17.7. The molecule has 0 bridgehead atoms. The maximum absolute atomic E-state index is 11.8. The second-order valence-electron chi connectivity index (χ2n) is 4.81. The van der Waals surface area contributed by atoms with Gasteiger partial charge in [0.2, 0.25) is 5.91 Å². The predicted octanol–water partition coefficient (Wildman–Crippen LogP) is 0.856. The van der Waals surface area contributed by atoms with E-state index in [9.17, 15) is 19.2 Å². The summed E-state index contributed by atoms with van der Waals surface area (Å²) < 4.78 is 9.66. The van der Waals surface area contributed by atoms with E-state index in [0.29, 0.717) is 5.69 Å². The van der Waals surface area contributed by atoms with Crippen molar-refractivity contribution in [2.75, 3.05) is 11.9 Å². The number of anilines is 1. The first-order valence-electron chi connectivity index (χ1n) is 7.13. The molecular weight excluding hydrogens is 330 g/mol. The number of nitrogens with one attached hydrogen (secondary N) is 3. The molecule has 0 radical (unpaired) electrons. The molecule has 25 heavy (non-hydrogen) atoms. The van der Waals surface area contributed by atoms with Crippen LogP contribution in [0, 0.1) is 0 Å². The molecule has 9 nitrogen and oxygen atoms in total. The number of hydrogen-bond donors (Lipinski definition) is 3. The molecule has 2 aromatic rings. The lowest BCUT2D eigenvalue weighted by molar-refractivity contribution is -0.125. The van der Waals surface area contributed by atoms with Crippen molar-refractivity contribution >= 4 is 29.4 Å². The number of amides is 3. The van der Waals surface area contributed by atoms with Gasteiger partial charge in [-0.3, -0.25) is 25.2 Å². The van der Waals surface area contributed by atoms with Crippen LogP contribution in [0.1, 0.15) is 27.8 Å². The Labute approximate surface area is 142 Å². The van der Waals surface area contributed by atoms with Crippen molar-refractivity contribution in [3.8, 4) is 0 Å². The summed E-state index contributed by atoms with van der Waals surface area (Å²) in [5, 5.41) is 2.56. The number of ether oxygens (including phenoxy) is 1. The van der Waals surface area contributed by atoms with E-state index in [1.54, 1.807) is 0 Å². The van der Waals surface area contributed by atoms with Gasteiger partial charge in [0, 0.05) is 12.6 Å². The van der Waals surface area contributed by atoms with E-state index >= 15 is 0 Å². The molecule has 9 heteroatoms. The van der Waals surface area contributed by atoms with Crippen LogP contribution in [0.25, 0.3) is 0 Å². The molecule has 0 fully saturated rings. The lowest BCUT2D eigenvalue weighted by Gasteiger charge is -2.07. The van der Waals surface area contributed by atoms with Crippen LogP contribution >= 0.6 is 0 Å². The van der Waals surface area contributed by atoms with Gasteiger partial charge >= 0.3 is 11.9 Å². The molecule has 2 rings (SSSR count). The third kappa shape index (κ3) is 5.50. The molecule has 0 atom stereocenters.